The summed E-state index contributed by atoms with van der Waals surface area (Å²) >= 11 is 0. The maximum absolute atomic E-state index is 11.7. The van der Waals surface area contributed by atoms with Crippen LogP contribution in [-0.2, 0) is 33.6 Å². The van der Waals surface area contributed by atoms with Crippen molar-refractivity contribution < 1.29 is 29.6 Å². The monoisotopic (exact) mass is 530 g/mol. The molecule has 6 nitrogen and oxygen atoms in total. The van der Waals surface area contributed by atoms with Crippen molar-refractivity contribution >= 4 is 12.3 Å². The number of carbonyl (C=O) groups excluding carboxylic acids is 2. The first-order valence-electron chi connectivity index (χ1n) is 14.2. The van der Waals surface area contributed by atoms with E-state index >= 15 is 0 Å². The van der Waals surface area contributed by atoms with Crippen molar-refractivity contribution in [1.29, 1.82) is 0 Å². The number of aryl methyl sites for hydroxylation is 3. The van der Waals surface area contributed by atoms with Gasteiger partial charge in [0.15, 0.2) is 0 Å². The quantitative estimate of drug-likeness (QED) is 0.118. The minimum absolute atomic E-state index is 0.0265. The van der Waals surface area contributed by atoms with E-state index in [-0.39, 0.29) is 36.9 Å². The molecule has 1 unspecified atom stereocenters. The topological polar surface area (TPSA) is 104 Å². The largest absolute Gasteiger partial charge is 0.462 e. The van der Waals surface area contributed by atoms with E-state index in [4.69, 9.17) is 14.9 Å². The predicted octanol–water partition coefficient (Wildman–Crippen LogP) is 5.15. The zero-order chi connectivity index (χ0) is 28.3. The van der Waals surface area contributed by atoms with Crippen LogP contribution >= 0.6 is 0 Å². The first kappa shape index (κ1) is 33.7. The molecule has 6 heteroatoms. The van der Waals surface area contributed by atoms with Gasteiger partial charge in [-0.3, -0.25) is 4.79 Å². The van der Waals surface area contributed by atoms with Gasteiger partial charge < -0.3 is 20.1 Å². The number of unbranched alkanes of at least 4 members (excludes halogenated alkanes) is 2. The van der Waals surface area contributed by atoms with Gasteiger partial charge in [-0.15, -0.1) is 0 Å². The van der Waals surface area contributed by atoms with E-state index in [1.165, 1.54) is 61.6 Å². The molecule has 2 rings (SSSR count). The summed E-state index contributed by atoms with van der Waals surface area (Å²) in [7, 11) is 0. The molecule has 1 aliphatic rings. The molecule has 214 valence electrons. The third-order valence-corrected chi connectivity index (χ3v) is 7.61. The Labute approximate surface area is 229 Å². The first-order valence-corrected chi connectivity index (χ1v) is 14.2. The Morgan fingerprint density at radius 2 is 1.74 bits per heavy atom. The molecule has 38 heavy (non-hydrogen) atoms. The van der Waals surface area contributed by atoms with Gasteiger partial charge in [-0.1, -0.05) is 70.9 Å². The molecule has 0 amide bonds. The molecule has 0 heterocycles. The first-order chi connectivity index (χ1) is 18.3. The van der Waals surface area contributed by atoms with Crippen LogP contribution in [0.2, 0.25) is 0 Å². The Kier molecular flexibility index (Phi) is 17.5. The third-order valence-electron chi connectivity index (χ3n) is 7.61. The molecule has 0 spiro atoms. The Morgan fingerprint density at radius 1 is 1.03 bits per heavy atom. The molecule has 0 bridgehead atoms. The number of aldehydes is 1. The van der Waals surface area contributed by atoms with Crippen molar-refractivity contribution in [3.8, 4) is 0 Å². The number of hydrogen-bond acceptors (Lipinski definition) is 6. The summed E-state index contributed by atoms with van der Waals surface area (Å²) in [5.74, 6) is 0.525. The maximum atomic E-state index is 11.7. The molecule has 3 N–H and O–H groups in total. The van der Waals surface area contributed by atoms with Crippen molar-refractivity contribution in [2.24, 2.45) is 17.8 Å². The van der Waals surface area contributed by atoms with Crippen molar-refractivity contribution in [2.75, 3.05) is 26.4 Å². The van der Waals surface area contributed by atoms with E-state index in [0.717, 1.165) is 31.6 Å². The highest BCUT2D eigenvalue weighted by Gasteiger charge is 2.28. The van der Waals surface area contributed by atoms with E-state index in [0.29, 0.717) is 12.2 Å². The van der Waals surface area contributed by atoms with Crippen LogP contribution in [0.5, 0.6) is 0 Å². The number of carbonyl (C=O) groups is 2. The minimum Gasteiger partial charge on any atom is -0.462 e. The van der Waals surface area contributed by atoms with Crippen molar-refractivity contribution in [1.82, 2.24) is 0 Å². The summed E-state index contributed by atoms with van der Waals surface area (Å²) in [6, 6.07) is 7.13. The van der Waals surface area contributed by atoms with Gasteiger partial charge in [0, 0.05) is 18.1 Å². The smallest absolute Gasteiger partial charge is 0.335 e. The molecular weight excluding hydrogens is 480 g/mol. The van der Waals surface area contributed by atoms with Gasteiger partial charge >= 0.3 is 5.97 Å². The lowest BCUT2D eigenvalue weighted by molar-refractivity contribution is -0.142. The van der Waals surface area contributed by atoms with Crippen LogP contribution in [-0.4, -0.2) is 54.0 Å². The van der Waals surface area contributed by atoms with Crippen LogP contribution in [0.15, 0.2) is 42.5 Å². The third kappa shape index (κ3) is 12.5. The number of rotatable bonds is 16. The molecule has 0 aromatic heterocycles. The molecule has 1 aromatic rings. The highest BCUT2D eigenvalue weighted by molar-refractivity contribution is 5.87. The fraction of sp³-hybridized carbons (Fsp3) is 0.625. The van der Waals surface area contributed by atoms with Gasteiger partial charge in [0.1, 0.15) is 6.29 Å². The molecule has 0 saturated heterocycles. The van der Waals surface area contributed by atoms with E-state index in [9.17, 15) is 14.7 Å². The van der Waals surface area contributed by atoms with Crippen LogP contribution < -0.4 is 0 Å². The molecule has 1 aromatic carbocycles. The number of esters is 1. The standard InChI is InChI=1S/C28H44O4.C4H6O2/c1-4-6-7-8-23-12-16-25(24(5-2)17-23)13-9-22-10-14-26(15-11-22)27(19-30)20-32-28(31)21(3)18-29;1-4(2-5)3-6/h12,16-17,22,26-27,29-30H,3-11,13-15,18-20H2,1-2H3;2,6H,1,3H2. The average molecular weight is 531 g/mol. The van der Waals surface area contributed by atoms with E-state index in [1.807, 2.05) is 0 Å². The summed E-state index contributed by atoms with van der Waals surface area (Å²) in [4.78, 5) is 21.2. The predicted molar refractivity (Wildman–Crippen MR) is 153 cm³/mol. The van der Waals surface area contributed by atoms with Gasteiger partial charge in [-0.25, -0.2) is 4.79 Å². The molecule has 1 saturated carbocycles. The lowest BCUT2D eigenvalue weighted by atomic mass is 9.74. The van der Waals surface area contributed by atoms with Crippen molar-refractivity contribution in [2.45, 2.75) is 84.5 Å². The number of hydrogen-bond donors (Lipinski definition) is 3. The summed E-state index contributed by atoms with van der Waals surface area (Å²) in [6.07, 6.45) is 13.6. The SMILES string of the molecule is C=C(C=O)CO.C=C(CO)C(=O)OCC(CO)C1CCC(CCc2ccc(CCCCC)cc2CC)CC1. The normalized spacial score (nSPS) is 17.6. The van der Waals surface area contributed by atoms with Crippen LogP contribution in [0.4, 0.5) is 0 Å². The summed E-state index contributed by atoms with van der Waals surface area (Å²) < 4.78 is 5.24. The Balaban J connectivity index is 0.00000107. The highest BCUT2D eigenvalue weighted by atomic mass is 16.5. The van der Waals surface area contributed by atoms with E-state index in [1.54, 1.807) is 0 Å². The fourth-order valence-corrected chi connectivity index (χ4v) is 5.02. The Hall–Kier alpha value is -2.28. The number of aliphatic hydroxyl groups is 3. The summed E-state index contributed by atoms with van der Waals surface area (Å²) in [6.45, 7) is 10.8. The Morgan fingerprint density at radius 3 is 2.26 bits per heavy atom. The van der Waals surface area contributed by atoms with E-state index < -0.39 is 12.6 Å². The lowest BCUT2D eigenvalue weighted by Crippen LogP contribution is -2.29. The molecule has 1 fully saturated rings. The molecule has 0 radical (unpaired) electrons. The average Bonchev–Trinajstić information content (AvgIpc) is 2.96. The zero-order valence-electron chi connectivity index (χ0n) is 23.6. The van der Waals surface area contributed by atoms with Crippen molar-refractivity contribution in [3.63, 3.8) is 0 Å². The molecule has 1 atom stereocenters. The lowest BCUT2D eigenvalue weighted by Gasteiger charge is -2.33. The van der Waals surface area contributed by atoms with Crippen LogP contribution in [0.3, 0.4) is 0 Å². The number of benzene rings is 1. The highest BCUT2D eigenvalue weighted by Crippen LogP contribution is 2.36. The zero-order valence-corrected chi connectivity index (χ0v) is 23.6. The minimum atomic E-state index is -0.567. The van der Waals surface area contributed by atoms with Gasteiger partial charge in [0.25, 0.3) is 0 Å². The summed E-state index contributed by atoms with van der Waals surface area (Å²) in [5, 5.41) is 26.8. The molecule has 1 aliphatic carbocycles. The van der Waals surface area contributed by atoms with Gasteiger partial charge in [-0.2, -0.15) is 0 Å². The second-order valence-corrected chi connectivity index (χ2v) is 10.5. The van der Waals surface area contributed by atoms with Crippen LogP contribution in [0.25, 0.3) is 0 Å². The fourth-order valence-electron chi connectivity index (χ4n) is 5.02. The van der Waals surface area contributed by atoms with E-state index in [2.05, 4.69) is 45.2 Å². The van der Waals surface area contributed by atoms with Crippen LogP contribution in [0, 0.1) is 17.8 Å². The molecule has 0 aliphatic heterocycles. The molecular formula is C32H50O6. The van der Waals surface area contributed by atoms with Crippen LogP contribution in [0.1, 0.15) is 81.9 Å². The second-order valence-electron chi connectivity index (χ2n) is 10.5. The van der Waals surface area contributed by atoms with Crippen molar-refractivity contribution in [3.05, 3.63) is 59.2 Å². The van der Waals surface area contributed by atoms with Gasteiger partial charge in [0.2, 0.25) is 0 Å². The van der Waals surface area contributed by atoms with Gasteiger partial charge in [0.05, 0.1) is 25.4 Å². The number of aliphatic hydroxyl groups excluding tert-OH is 3. The Bertz CT molecular complexity index is 854. The van der Waals surface area contributed by atoms with Gasteiger partial charge in [-0.05, 0) is 73.5 Å². The maximum Gasteiger partial charge on any atom is 0.335 e. The second kappa shape index (κ2) is 19.7. The summed E-state index contributed by atoms with van der Waals surface area (Å²) in [5.41, 5.74) is 4.79. The number of ether oxygens (including phenoxy) is 1.